The van der Waals surface area contributed by atoms with Crippen molar-refractivity contribution in [1.29, 1.82) is 0 Å². The Morgan fingerprint density at radius 2 is 1.62 bits per heavy atom. The van der Waals surface area contributed by atoms with E-state index in [9.17, 15) is 8.42 Å². The summed E-state index contributed by atoms with van der Waals surface area (Å²) in [4.78, 5) is 9.43. The van der Waals surface area contributed by atoms with Crippen LogP contribution in [-0.4, -0.2) is 32.6 Å². The zero-order valence-electron chi connectivity index (χ0n) is 17.8. The molecule has 32 heavy (non-hydrogen) atoms. The summed E-state index contributed by atoms with van der Waals surface area (Å²) in [6.07, 6.45) is 0. The fourth-order valence-electron chi connectivity index (χ4n) is 3.39. The van der Waals surface area contributed by atoms with Crippen LogP contribution in [0.4, 0.5) is 11.5 Å². The summed E-state index contributed by atoms with van der Waals surface area (Å²) in [5.74, 6) is 1.53. The minimum absolute atomic E-state index is 0.0339. The van der Waals surface area contributed by atoms with Gasteiger partial charge in [0.2, 0.25) is 10.0 Å². The average Bonchev–Trinajstić information content (AvgIpc) is 2.77. The molecule has 0 bridgehead atoms. The van der Waals surface area contributed by atoms with Gasteiger partial charge in [-0.2, -0.15) is 0 Å². The minimum atomic E-state index is -4.01. The lowest BCUT2D eigenvalue weighted by atomic mass is 10.1. The first kappa shape index (κ1) is 21.5. The summed E-state index contributed by atoms with van der Waals surface area (Å²) in [7, 11) is -0.882. The maximum Gasteiger partial charge on any atom is 0.238 e. The number of benzene rings is 3. The molecule has 1 heterocycles. The van der Waals surface area contributed by atoms with Crippen LogP contribution in [0.1, 0.15) is 5.56 Å². The molecule has 3 aromatic carbocycles. The van der Waals surface area contributed by atoms with E-state index in [0.29, 0.717) is 45.3 Å². The Balaban J connectivity index is 2.00. The second-order valence-electron chi connectivity index (χ2n) is 7.15. The van der Waals surface area contributed by atoms with Gasteiger partial charge in [-0.15, -0.1) is 0 Å². The van der Waals surface area contributed by atoms with Gasteiger partial charge in [-0.3, -0.25) is 0 Å². The van der Waals surface area contributed by atoms with Crippen LogP contribution in [0.5, 0.6) is 11.5 Å². The second-order valence-corrected chi connectivity index (χ2v) is 8.68. The molecule has 0 amide bonds. The number of sulfonamides is 1. The van der Waals surface area contributed by atoms with Crippen molar-refractivity contribution in [3.05, 3.63) is 66.2 Å². The van der Waals surface area contributed by atoms with Gasteiger partial charge in [-0.25, -0.2) is 23.5 Å². The van der Waals surface area contributed by atoms with Crippen molar-refractivity contribution in [3.8, 4) is 22.8 Å². The van der Waals surface area contributed by atoms with E-state index < -0.39 is 10.0 Å². The lowest BCUT2D eigenvalue weighted by Gasteiger charge is -2.17. The molecule has 0 aliphatic carbocycles. The predicted octanol–water partition coefficient (Wildman–Crippen LogP) is 4.01. The second kappa shape index (κ2) is 8.45. The van der Waals surface area contributed by atoms with Gasteiger partial charge in [-0.1, -0.05) is 23.8 Å². The molecule has 1 aromatic heterocycles. The van der Waals surface area contributed by atoms with Crippen LogP contribution in [0.3, 0.4) is 0 Å². The SMILES string of the molecule is COc1ccc(OC)c(Nc2nc3ccccc3nc2-c2cc(C)ccc2S(N)(=O)=O)c1. The molecule has 0 aliphatic heterocycles. The molecule has 0 saturated carbocycles. The number of nitrogens with zero attached hydrogens (tertiary/aromatic N) is 2. The smallest absolute Gasteiger partial charge is 0.238 e. The van der Waals surface area contributed by atoms with E-state index in [-0.39, 0.29) is 4.90 Å². The summed E-state index contributed by atoms with van der Waals surface area (Å²) in [6, 6.07) is 17.5. The number of nitrogens with one attached hydrogen (secondary N) is 1. The van der Waals surface area contributed by atoms with Crippen molar-refractivity contribution < 1.29 is 17.9 Å². The monoisotopic (exact) mass is 450 g/mol. The highest BCUT2D eigenvalue weighted by Gasteiger charge is 2.21. The van der Waals surface area contributed by atoms with Crippen LogP contribution < -0.4 is 19.9 Å². The first-order valence-corrected chi connectivity index (χ1v) is 11.2. The fraction of sp³-hybridized carbons (Fsp3) is 0.130. The Morgan fingerprint density at radius 3 is 2.28 bits per heavy atom. The molecular weight excluding hydrogens is 428 g/mol. The normalized spacial score (nSPS) is 11.4. The van der Waals surface area contributed by atoms with Crippen LogP contribution in [0.2, 0.25) is 0 Å². The molecule has 0 unspecified atom stereocenters. The molecule has 0 fully saturated rings. The summed E-state index contributed by atoms with van der Waals surface area (Å²) < 4.78 is 35.5. The number of methoxy groups -OCH3 is 2. The molecule has 0 atom stereocenters. The Bertz CT molecular complexity index is 1420. The van der Waals surface area contributed by atoms with Gasteiger partial charge >= 0.3 is 0 Å². The fourth-order valence-corrected chi connectivity index (χ4v) is 4.11. The molecule has 0 aliphatic rings. The van der Waals surface area contributed by atoms with Crippen molar-refractivity contribution >= 4 is 32.6 Å². The highest BCUT2D eigenvalue weighted by Crippen LogP contribution is 2.37. The van der Waals surface area contributed by atoms with Gasteiger partial charge in [0.1, 0.15) is 17.2 Å². The lowest BCUT2D eigenvalue weighted by Crippen LogP contribution is -2.14. The number of hydrogen-bond acceptors (Lipinski definition) is 7. The van der Waals surface area contributed by atoms with Gasteiger partial charge in [0.05, 0.1) is 35.8 Å². The zero-order valence-corrected chi connectivity index (χ0v) is 18.6. The Hall–Kier alpha value is -3.69. The van der Waals surface area contributed by atoms with Crippen molar-refractivity contribution in [2.45, 2.75) is 11.8 Å². The van der Waals surface area contributed by atoms with Crippen molar-refractivity contribution in [1.82, 2.24) is 9.97 Å². The number of primary sulfonamides is 1. The minimum Gasteiger partial charge on any atom is -0.497 e. The van der Waals surface area contributed by atoms with Crippen LogP contribution in [0.15, 0.2) is 65.6 Å². The van der Waals surface area contributed by atoms with Gasteiger partial charge in [-0.05, 0) is 43.3 Å². The zero-order chi connectivity index (χ0) is 22.9. The van der Waals surface area contributed by atoms with Crippen molar-refractivity contribution in [2.24, 2.45) is 5.14 Å². The third-order valence-electron chi connectivity index (χ3n) is 4.93. The number of aromatic nitrogens is 2. The van der Waals surface area contributed by atoms with Crippen LogP contribution in [-0.2, 0) is 10.0 Å². The predicted molar refractivity (Wildman–Crippen MR) is 124 cm³/mol. The highest BCUT2D eigenvalue weighted by molar-refractivity contribution is 7.89. The molecule has 4 aromatic rings. The molecule has 8 nitrogen and oxygen atoms in total. The molecule has 0 saturated heterocycles. The van der Waals surface area contributed by atoms with E-state index >= 15 is 0 Å². The third kappa shape index (κ3) is 4.20. The van der Waals surface area contributed by atoms with Crippen LogP contribution in [0.25, 0.3) is 22.3 Å². The maximum atomic E-state index is 12.3. The number of ether oxygens (including phenoxy) is 2. The summed E-state index contributed by atoms with van der Waals surface area (Å²) in [6.45, 7) is 1.86. The number of anilines is 2. The summed E-state index contributed by atoms with van der Waals surface area (Å²) >= 11 is 0. The van der Waals surface area contributed by atoms with E-state index in [1.54, 1.807) is 44.6 Å². The molecule has 0 radical (unpaired) electrons. The summed E-state index contributed by atoms with van der Waals surface area (Å²) in [5, 5.41) is 8.75. The highest BCUT2D eigenvalue weighted by atomic mass is 32.2. The number of aryl methyl sites for hydroxylation is 1. The number of para-hydroxylation sites is 2. The van der Waals surface area contributed by atoms with E-state index in [2.05, 4.69) is 5.32 Å². The third-order valence-corrected chi connectivity index (χ3v) is 5.90. The van der Waals surface area contributed by atoms with Crippen LogP contribution >= 0.6 is 0 Å². The topological polar surface area (TPSA) is 116 Å². The van der Waals surface area contributed by atoms with E-state index in [0.717, 1.165) is 5.56 Å². The van der Waals surface area contributed by atoms with Gasteiger partial charge in [0, 0.05) is 11.6 Å². The van der Waals surface area contributed by atoms with Gasteiger partial charge in [0.15, 0.2) is 5.82 Å². The standard InChI is InChI=1S/C23H22N4O4S/c1-14-8-11-21(32(24,28)29)16(12-14)22-23(26-18-7-5-4-6-17(18)25-22)27-19-13-15(30-2)9-10-20(19)31-3/h4-13H,1-3H3,(H,26,27)(H2,24,28,29). The largest absolute Gasteiger partial charge is 0.497 e. The van der Waals surface area contributed by atoms with E-state index in [1.807, 2.05) is 31.2 Å². The number of rotatable bonds is 6. The molecule has 4 rings (SSSR count). The number of fused-ring (bicyclic) bond motifs is 1. The maximum absolute atomic E-state index is 12.3. The first-order chi connectivity index (χ1) is 15.3. The average molecular weight is 451 g/mol. The van der Waals surface area contributed by atoms with Crippen LogP contribution in [0, 0.1) is 6.92 Å². The van der Waals surface area contributed by atoms with Crippen molar-refractivity contribution in [2.75, 3.05) is 19.5 Å². The number of hydrogen-bond donors (Lipinski definition) is 2. The summed E-state index contributed by atoms with van der Waals surface area (Å²) in [5.41, 5.74) is 3.41. The van der Waals surface area contributed by atoms with E-state index in [1.165, 1.54) is 6.07 Å². The molecule has 9 heteroatoms. The quantitative estimate of drug-likeness (QED) is 0.456. The Kier molecular flexibility index (Phi) is 5.68. The van der Waals surface area contributed by atoms with Gasteiger partial charge < -0.3 is 14.8 Å². The Labute approximate surface area is 186 Å². The van der Waals surface area contributed by atoms with Crippen molar-refractivity contribution in [3.63, 3.8) is 0 Å². The van der Waals surface area contributed by atoms with Gasteiger partial charge in [0.25, 0.3) is 0 Å². The molecule has 3 N–H and O–H groups in total. The lowest BCUT2D eigenvalue weighted by molar-refractivity contribution is 0.405. The molecule has 164 valence electrons. The first-order valence-electron chi connectivity index (χ1n) is 9.70. The number of nitrogens with two attached hydrogens (primary N) is 1. The molecule has 0 spiro atoms. The Morgan fingerprint density at radius 1 is 0.906 bits per heavy atom. The van der Waals surface area contributed by atoms with E-state index in [4.69, 9.17) is 24.6 Å². The molecular formula is C23H22N4O4S.